The monoisotopic (exact) mass is 417 g/mol. The van der Waals surface area contributed by atoms with Crippen LogP contribution in [0.1, 0.15) is 52.2 Å². The number of amides is 1. The first kappa shape index (κ1) is 24.0. The second kappa shape index (κ2) is 11.2. The first-order chi connectivity index (χ1) is 14.2. The lowest BCUT2D eigenvalue weighted by atomic mass is 10.1. The van der Waals surface area contributed by atoms with Crippen LogP contribution in [-0.4, -0.2) is 66.7 Å². The molecule has 1 fully saturated rings. The van der Waals surface area contributed by atoms with Crippen LogP contribution in [0.3, 0.4) is 0 Å². The highest BCUT2D eigenvalue weighted by Crippen LogP contribution is 2.13. The van der Waals surface area contributed by atoms with Crippen molar-refractivity contribution in [3.63, 3.8) is 0 Å². The molecular weight excluding hydrogens is 378 g/mol. The van der Waals surface area contributed by atoms with Gasteiger partial charge in [0.2, 0.25) is 0 Å². The summed E-state index contributed by atoms with van der Waals surface area (Å²) in [6.45, 7) is 15.4. The van der Waals surface area contributed by atoms with E-state index in [4.69, 9.17) is 4.74 Å². The molecule has 0 spiro atoms. The minimum atomic E-state index is -0.485. The van der Waals surface area contributed by atoms with Gasteiger partial charge in [0.1, 0.15) is 5.60 Å². The second-order valence-electron chi connectivity index (χ2n) is 8.76. The van der Waals surface area contributed by atoms with E-state index in [1.54, 1.807) is 7.05 Å². The normalized spacial score (nSPS) is 17.4. The third-order valence-corrected chi connectivity index (χ3v) is 5.19. The predicted molar refractivity (Wildman–Crippen MR) is 123 cm³/mol. The van der Waals surface area contributed by atoms with E-state index in [9.17, 15) is 4.79 Å². The number of alkyl carbamates (subject to hydrolysis) is 1. The molecule has 0 bridgehead atoms. The highest BCUT2D eigenvalue weighted by Gasteiger charge is 2.27. The molecule has 30 heavy (non-hydrogen) atoms. The standard InChI is InChI=1S/C23H39N5O2/c1-7-27(8-2)16-19-11-9-18(10-12-19)15-25-21(24-6)28-14-13-20(17-28)26-22(29)30-23(3,4)5/h9-12,20H,7-8,13-17H2,1-6H3,(H,24,25)(H,26,29). The van der Waals surface area contributed by atoms with Crippen molar-refractivity contribution in [3.05, 3.63) is 35.4 Å². The van der Waals surface area contributed by atoms with E-state index < -0.39 is 5.60 Å². The maximum absolute atomic E-state index is 12.0. The SMILES string of the molecule is CCN(CC)Cc1ccc(CNC(=NC)N2CCC(NC(=O)OC(C)(C)C)C2)cc1. The summed E-state index contributed by atoms with van der Waals surface area (Å²) in [4.78, 5) is 21.0. The third kappa shape index (κ3) is 7.86. The topological polar surface area (TPSA) is 69.2 Å². The van der Waals surface area contributed by atoms with E-state index in [2.05, 4.69) is 63.5 Å². The van der Waals surface area contributed by atoms with Gasteiger partial charge in [-0.1, -0.05) is 38.1 Å². The molecular formula is C23H39N5O2. The maximum Gasteiger partial charge on any atom is 0.407 e. The Morgan fingerprint density at radius 3 is 2.40 bits per heavy atom. The Hall–Kier alpha value is -2.28. The van der Waals surface area contributed by atoms with Crippen LogP contribution in [0.25, 0.3) is 0 Å². The van der Waals surface area contributed by atoms with Crippen LogP contribution < -0.4 is 10.6 Å². The zero-order chi connectivity index (χ0) is 22.1. The van der Waals surface area contributed by atoms with Crippen LogP contribution in [0.2, 0.25) is 0 Å². The smallest absolute Gasteiger partial charge is 0.407 e. The molecule has 2 rings (SSSR count). The fourth-order valence-corrected chi connectivity index (χ4v) is 3.53. The van der Waals surface area contributed by atoms with Gasteiger partial charge in [0, 0.05) is 33.2 Å². The van der Waals surface area contributed by atoms with Gasteiger partial charge in [0.05, 0.1) is 6.04 Å². The second-order valence-corrected chi connectivity index (χ2v) is 8.76. The van der Waals surface area contributed by atoms with Gasteiger partial charge in [-0.15, -0.1) is 0 Å². The number of nitrogens with zero attached hydrogens (tertiary/aromatic N) is 3. The van der Waals surface area contributed by atoms with Crippen molar-refractivity contribution in [1.82, 2.24) is 20.4 Å². The van der Waals surface area contributed by atoms with Crippen LogP contribution in [0, 0.1) is 0 Å². The Kier molecular flexibility index (Phi) is 8.96. The van der Waals surface area contributed by atoms with Gasteiger partial charge in [-0.3, -0.25) is 9.89 Å². The molecule has 1 aliphatic heterocycles. The van der Waals surface area contributed by atoms with Crippen molar-refractivity contribution < 1.29 is 9.53 Å². The van der Waals surface area contributed by atoms with Gasteiger partial charge in [-0.05, 0) is 51.4 Å². The highest BCUT2D eigenvalue weighted by atomic mass is 16.6. The Morgan fingerprint density at radius 1 is 1.20 bits per heavy atom. The van der Waals surface area contributed by atoms with Gasteiger partial charge < -0.3 is 20.3 Å². The molecule has 1 aromatic rings. The van der Waals surface area contributed by atoms with E-state index >= 15 is 0 Å². The molecule has 1 saturated heterocycles. The van der Waals surface area contributed by atoms with E-state index in [1.165, 1.54) is 11.1 Å². The van der Waals surface area contributed by atoms with Gasteiger partial charge in [0.25, 0.3) is 0 Å². The summed E-state index contributed by atoms with van der Waals surface area (Å²) in [5.41, 5.74) is 2.07. The van der Waals surface area contributed by atoms with Crippen molar-refractivity contribution >= 4 is 12.1 Å². The third-order valence-electron chi connectivity index (χ3n) is 5.19. The number of rotatable bonds is 7. The van der Waals surface area contributed by atoms with Gasteiger partial charge in [-0.2, -0.15) is 0 Å². The average Bonchev–Trinajstić information content (AvgIpc) is 3.14. The Balaban J connectivity index is 1.81. The van der Waals surface area contributed by atoms with Crippen LogP contribution in [0.15, 0.2) is 29.3 Å². The molecule has 168 valence electrons. The quantitative estimate of drug-likeness (QED) is 0.527. The van der Waals surface area contributed by atoms with Gasteiger partial charge >= 0.3 is 6.09 Å². The molecule has 1 aliphatic rings. The molecule has 1 heterocycles. The molecule has 1 aromatic carbocycles. The molecule has 1 amide bonds. The number of benzene rings is 1. The summed E-state index contributed by atoms with van der Waals surface area (Å²) in [5, 5.41) is 6.40. The fourth-order valence-electron chi connectivity index (χ4n) is 3.53. The zero-order valence-corrected chi connectivity index (χ0v) is 19.5. The number of hydrogen-bond acceptors (Lipinski definition) is 4. The van der Waals surface area contributed by atoms with Crippen molar-refractivity contribution in [2.75, 3.05) is 33.2 Å². The first-order valence-corrected chi connectivity index (χ1v) is 11.0. The van der Waals surface area contributed by atoms with Crippen LogP contribution in [0.4, 0.5) is 4.79 Å². The largest absolute Gasteiger partial charge is 0.444 e. The fraction of sp³-hybridized carbons (Fsp3) is 0.652. The first-order valence-electron chi connectivity index (χ1n) is 11.0. The molecule has 2 N–H and O–H groups in total. The number of hydrogen-bond donors (Lipinski definition) is 2. The van der Waals surface area contributed by atoms with Gasteiger partial charge in [0.15, 0.2) is 5.96 Å². The summed E-state index contributed by atoms with van der Waals surface area (Å²) in [6.07, 6.45) is 0.516. The summed E-state index contributed by atoms with van der Waals surface area (Å²) < 4.78 is 5.36. The van der Waals surface area contributed by atoms with E-state index in [0.717, 1.165) is 51.6 Å². The molecule has 0 aliphatic carbocycles. The predicted octanol–water partition coefficient (Wildman–Crippen LogP) is 3.20. The van der Waals surface area contributed by atoms with E-state index in [0.29, 0.717) is 0 Å². The minimum Gasteiger partial charge on any atom is -0.444 e. The number of aliphatic imine (C=N–C) groups is 1. The number of carbonyl (C=O) groups is 1. The average molecular weight is 418 g/mol. The Bertz CT molecular complexity index is 693. The summed E-state index contributed by atoms with van der Waals surface area (Å²) in [5.74, 6) is 0.857. The maximum atomic E-state index is 12.0. The number of guanidine groups is 1. The van der Waals surface area contributed by atoms with Crippen molar-refractivity contribution in [2.45, 2.75) is 65.8 Å². The number of ether oxygens (including phenoxy) is 1. The number of likely N-dealkylation sites (tertiary alicyclic amines) is 1. The molecule has 0 radical (unpaired) electrons. The van der Waals surface area contributed by atoms with Crippen LogP contribution in [0.5, 0.6) is 0 Å². The van der Waals surface area contributed by atoms with Crippen LogP contribution in [-0.2, 0) is 17.8 Å². The minimum absolute atomic E-state index is 0.0674. The Morgan fingerprint density at radius 2 is 1.83 bits per heavy atom. The molecule has 1 unspecified atom stereocenters. The zero-order valence-electron chi connectivity index (χ0n) is 19.5. The lowest BCUT2D eigenvalue weighted by Gasteiger charge is -2.23. The summed E-state index contributed by atoms with van der Waals surface area (Å²) in [7, 11) is 1.80. The molecule has 7 heteroatoms. The molecule has 0 aromatic heterocycles. The lowest BCUT2D eigenvalue weighted by molar-refractivity contribution is 0.0507. The number of nitrogens with one attached hydrogen (secondary N) is 2. The lowest BCUT2D eigenvalue weighted by Crippen LogP contribution is -2.44. The highest BCUT2D eigenvalue weighted by molar-refractivity contribution is 5.80. The van der Waals surface area contributed by atoms with E-state index in [-0.39, 0.29) is 12.1 Å². The summed E-state index contributed by atoms with van der Waals surface area (Å²) >= 11 is 0. The Labute approximate surface area is 181 Å². The molecule has 1 atom stereocenters. The summed E-state index contributed by atoms with van der Waals surface area (Å²) in [6, 6.07) is 8.83. The number of carbonyl (C=O) groups excluding carboxylic acids is 1. The van der Waals surface area contributed by atoms with Gasteiger partial charge in [-0.25, -0.2) is 4.79 Å². The van der Waals surface area contributed by atoms with Crippen LogP contribution >= 0.6 is 0 Å². The molecule has 7 nitrogen and oxygen atoms in total. The molecule has 0 saturated carbocycles. The van der Waals surface area contributed by atoms with Crippen molar-refractivity contribution in [2.24, 2.45) is 4.99 Å². The van der Waals surface area contributed by atoms with Crippen molar-refractivity contribution in [3.8, 4) is 0 Å². The van der Waals surface area contributed by atoms with E-state index in [1.807, 2.05) is 20.8 Å². The van der Waals surface area contributed by atoms with Crippen molar-refractivity contribution in [1.29, 1.82) is 0 Å².